The van der Waals surface area contributed by atoms with E-state index in [0.29, 0.717) is 5.69 Å². The molecular formula is C14H19Cl2N3O2. The van der Waals surface area contributed by atoms with Crippen LogP contribution in [0.3, 0.4) is 0 Å². The van der Waals surface area contributed by atoms with Crippen LogP contribution in [0.1, 0.15) is 5.56 Å². The minimum atomic E-state index is -0.645. The highest BCUT2D eigenvalue weighted by atomic mass is 35.5. The summed E-state index contributed by atoms with van der Waals surface area (Å²) in [5, 5.41) is 3.74. The average Bonchev–Trinajstić information content (AvgIpc) is 2.44. The summed E-state index contributed by atoms with van der Waals surface area (Å²) in [7, 11) is 1.46. The molecule has 2 aromatic rings. The Kier molecular flexibility index (Phi) is 8.21. The fourth-order valence-corrected chi connectivity index (χ4v) is 1.95. The molecule has 0 fully saturated rings. The van der Waals surface area contributed by atoms with Gasteiger partial charge in [0, 0.05) is 25.2 Å². The Balaban J connectivity index is 0.00000200. The summed E-state index contributed by atoms with van der Waals surface area (Å²) in [6, 6.07) is 7.55. The Morgan fingerprint density at radius 1 is 1.38 bits per heavy atom. The lowest BCUT2D eigenvalue weighted by Gasteiger charge is -2.14. The van der Waals surface area contributed by atoms with Crippen LogP contribution in [0.25, 0.3) is 10.9 Å². The van der Waals surface area contributed by atoms with Gasteiger partial charge in [-0.2, -0.15) is 0 Å². The number of halogens is 2. The van der Waals surface area contributed by atoms with Gasteiger partial charge in [0.1, 0.15) is 6.10 Å². The van der Waals surface area contributed by atoms with Crippen LogP contribution in [0.5, 0.6) is 0 Å². The molecule has 1 heterocycles. The van der Waals surface area contributed by atoms with Crippen molar-refractivity contribution in [3.63, 3.8) is 0 Å². The number of nitrogens with two attached hydrogens (primary N) is 1. The van der Waals surface area contributed by atoms with Gasteiger partial charge in [0.25, 0.3) is 5.91 Å². The molecular weight excluding hydrogens is 313 g/mol. The number of nitrogens with zero attached hydrogens (tertiary/aromatic N) is 1. The first-order valence-electron chi connectivity index (χ1n) is 6.05. The smallest absolute Gasteiger partial charge is 0.254 e. The van der Waals surface area contributed by atoms with Crippen molar-refractivity contribution >= 4 is 47.3 Å². The summed E-state index contributed by atoms with van der Waals surface area (Å²) >= 11 is 0. The predicted octanol–water partition coefficient (Wildman–Crippen LogP) is 2.30. The summed E-state index contributed by atoms with van der Waals surface area (Å²) < 4.78 is 5.02. The summed E-state index contributed by atoms with van der Waals surface area (Å²) in [6.07, 6.45) is 1.09. The Morgan fingerprint density at radius 2 is 2.10 bits per heavy atom. The molecule has 0 aliphatic heterocycles. The molecule has 0 saturated carbocycles. The Morgan fingerprint density at radius 3 is 2.71 bits per heavy atom. The number of aromatic nitrogens is 1. The van der Waals surface area contributed by atoms with Crippen molar-refractivity contribution < 1.29 is 9.53 Å². The van der Waals surface area contributed by atoms with Gasteiger partial charge in [0.05, 0.1) is 11.2 Å². The fraction of sp³-hybridized carbons (Fsp3) is 0.286. The molecule has 5 nitrogen and oxygen atoms in total. The van der Waals surface area contributed by atoms with E-state index in [2.05, 4.69) is 10.3 Å². The number of nitrogens with one attached hydrogen (secondary N) is 1. The molecule has 0 aliphatic rings. The first-order valence-corrected chi connectivity index (χ1v) is 6.05. The normalized spacial score (nSPS) is 11.2. The van der Waals surface area contributed by atoms with E-state index in [1.807, 2.05) is 31.2 Å². The molecule has 2 rings (SSSR count). The van der Waals surface area contributed by atoms with Gasteiger partial charge in [-0.1, -0.05) is 6.07 Å². The molecule has 1 unspecified atom stereocenters. The summed E-state index contributed by atoms with van der Waals surface area (Å²) in [6.45, 7) is 2.13. The minimum Gasteiger partial charge on any atom is -0.370 e. The van der Waals surface area contributed by atoms with Gasteiger partial charge in [-0.05, 0) is 30.7 Å². The van der Waals surface area contributed by atoms with E-state index in [4.69, 9.17) is 10.5 Å². The Bertz CT molecular complexity index is 604. The molecule has 0 saturated heterocycles. The number of pyridine rings is 1. The largest absolute Gasteiger partial charge is 0.370 e. The zero-order chi connectivity index (χ0) is 13.8. The molecule has 1 atom stereocenters. The SMILES string of the molecule is COC(CN)C(=O)Nc1ccc(C)c2ncccc12.Cl.Cl. The number of carbonyl (C=O) groups is 1. The van der Waals surface area contributed by atoms with Gasteiger partial charge in [0.15, 0.2) is 0 Å². The summed E-state index contributed by atoms with van der Waals surface area (Å²) in [4.78, 5) is 16.3. The number of hydrogen-bond acceptors (Lipinski definition) is 4. The zero-order valence-electron chi connectivity index (χ0n) is 11.8. The van der Waals surface area contributed by atoms with E-state index in [1.54, 1.807) is 6.20 Å². The number of rotatable bonds is 4. The fourth-order valence-electron chi connectivity index (χ4n) is 1.95. The lowest BCUT2D eigenvalue weighted by Crippen LogP contribution is -2.35. The van der Waals surface area contributed by atoms with E-state index in [9.17, 15) is 4.79 Å². The lowest BCUT2D eigenvalue weighted by molar-refractivity contribution is -0.125. The van der Waals surface area contributed by atoms with Crippen molar-refractivity contribution in [2.75, 3.05) is 19.0 Å². The van der Waals surface area contributed by atoms with Crippen LogP contribution in [-0.4, -0.2) is 30.6 Å². The van der Waals surface area contributed by atoms with Gasteiger partial charge < -0.3 is 15.8 Å². The van der Waals surface area contributed by atoms with Crippen molar-refractivity contribution in [3.8, 4) is 0 Å². The molecule has 0 spiro atoms. The number of aryl methyl sites for hydroxylation is 1. The van der Waals surface area contributed by atoms with Crippen LogP contribution in [0, 0.1) is 6.92 Å². The van der Waals surface area contributed by atoms with Gasteiger partial charge in [-0.3, -0.25) is 9.78 Å². The van der Waals surface area contributed by atoms with Gasteiger partial charge in [-0.25, -0.2) is 0 Å². The zero-order valence-corrected chi connectivity index (χ0v) is 13.5. The van der Waals surface area contributed by atoms with E-state index >= 15 is 0 Å². The second-order valence-electron chi connectivity index (χ2n) is 4.28. The molecule has 21 heavy (non-hydrogen) atoms. The maximum absolute atomic E-state index is 12.0. The summed E-state index contributed by atoms with van der Waals surface area (Å²) in [5.74, 6) is -0.251. The van der Waals surface area contributed by atoms with Crippen LogP contribution >= 0.6 is 24.8 Å². The molecule has 1 aromatic heterocycles. The van der Waals surface area contributed by atoms with E-state index in [1.165, 1.54) is 7.11 Å². The first-order chi connectivity index (χ1) is 9.17. The number of methoxy groups -OCH3 is 1. The molecule has 7 heteroatoms. The topological polar surface area (TPSA) is 77.2 Å². The number of hydrogen-bond donors (Lipinski definition) is 2. The molecule has 0 bridgehead atoms. The number of benzene rings is 1. The van der Waals surface area contributed by atoms with Gasteiger partial charge in [-0.15, -0.1) is 24.8 Å². The first kappa shape index (κ1) is 19.6. The predicted molar refractivity (Wildman–Crippen MR) is 89.5 cm³/mol. The van der Waals surface area contributed by atoms with Gasteiger partial charge in [0.2, 0.25) is 0 Å². The number of ether oxygens (including phenoxy) is 1. The molecule has 3 N–H and O–H groups in total. The minimum absolute atomic E-state index is 0. The average molecular weight is 332 g/mol. The molecule has 116 valence electrons. The monoisotopic (exact) mass is 331 g/mol. The van der Waals surface area contributed by atoms with Crippen molar-refractivity contribution in [1.29, 1.82) is 0 Å². The third-order valence-corrected chi connectivity index (χ3v) is 3.02. The van der Waals surface area contributed by atoms with Crippen LogP contribution in [0.15, 0.2) is 30.5 Å². The second-order valence-corrected chi connectivity index (χ2v) is 4.28. The number of amides is 1. The highest BCUT2D eigenvalue weighted by Gasteiger charge is 2.16. The van der Waals surface area contributed by atoms with Crippen molar-refractivity contribution in [2.24, 2.45) is 5.73 Å². The summed E-state index contributed by atoms with van der Waals surface area (Å²) in [5.41, 5.74) is 8.14. The molecule has 0 aliphatic carbocycles. The second kappa shape index (κ2) is 8.79. The van der Waals surface area contributed by atoms with Crippen LogP contribution in [0.4, 0.5) is 5.69 Å². The Labute approximate surface area is 136 Å². The highest BCUT2D eigenvalue weighted by Crippen LogP contribution is 2.24. The highest BCUT2D eigenvalue weighted by molar-refractivity contribution is 6.03. The number of fused-ring (bicyclic) bond motifs is 1. The van der Waals surface area contributed by atoms with E-state index in [-0.39, 0.29) is 37.3 Å². The van der Waals surface area contributed by atoms with Crippen molar-refractivity contribution in [3.05, 3.63) is 36.0 Å². The third-order valence-electron chi connectivity index (χ3n) is 3.02. The third kappa shape index (κ3) is 4.28. The quantitative estimate of drug-likeness (QED) is 0.901. The molecule has 1 amide bonds. The van der Waals surface area contributed by atoms with Crippen LogP contribution in [-0.2, 0) is 9.53 Å². The van der Waals surface area contributed by atoms with Crippen molar-refractivity contribution in [1.82, 2.24) is 4.98 Å². The van der Waals surface area contributed by atoms with E-state index < -0.39 is 6.10 Å². The maximum atomic E-state index is 12.0. The van der Waals surface area contributed by atoms with Crippen LogP contribution in [0.2, 0.25) is 0 Å². The van der Waals surface area contributed by atoms with E-state index in [0.717, 1.165) is 16.5 Å². The molecule has 1 aromatic carbocycles. The standard InChI is InChI=1S/C14H17N3O2.2ClH/c1-9-5-6-11(10-4-3-7-16-13(9)10)17-14(18)12(8-15)19-2;;/h3-7,12H,8,15H2,1-2H3,(H,17,18);2*1H. The Hall–Kier alpha value is -1.40. The number of anilines is 1. The maximum Gasteiger partial charge on any atom is 0.254 e. The molecule has 0 radical (unpaired) electrons. The number of carbonyl (C=O) groups excluding carboxylic acids is 1. The lowest BCUT2D eigenvalue weighted by atomic mass is 10.1. The van der Waals surface area contributed by atoms with Crippen molar-refractivity contribution in [2.45, 2.75) is 13.0 Å². The van der Waals surface area contributed by atoms with Gasteiger partial charge >= 0.3 is 0 Å². The van der Waals surface area contributed by atoms with Crippen LogP contribution < -0.4 is 11.1 Å².